The van der Waals surface area contributed by atoms with Gasteiger partial charge in [0.1, 0.15) is 11.6 Å². The summed E-state index contributed by atoms with van der Waals surface area (Å²) in [6.07, 6.45) is 2.95. The summed E-state index contributed by atoms with van der Waals surface area (Å²) in [4.78, 5) is 16.8. The molecule has 1 saturated carbocycles. The first-order chi connectivity index (χ1) is 13.7. The molecule has 0 unspecified atom stereocenters. The third-order valence-corrected chi connectivity index (χ3v) is 5.38. The fraction of sp³-hybridized carbons (Fsp3) is 0.286. The summed E-state index contributed by atoms with van der Waals surface area (Å²) in [7, 11) is 0. The highest BCUT2D eigenvalue weighted by Crippen LogP contribution is 2.40. The Morgan fingerprint density at radius 3 is 2.61 bits per heavy atom. The Bertz CT molecular complexity index is 939. The van der Waals surface area contributed by atoms with Crippen LogP contribution in [0.5, 0.6) is 0 Å². The largest absolute Gasteiger partial charge is 0.355 e. The van der Waals surface area contributed by atoms with E-state index in [1.54, 1.807) is 12.1 Å². The molecule has 0 radical (unpaired) electrons. The van der Waals surface area contributed by atoms with Gasteiger partial charge in [0.2, 0.25) is 11.1 Å². The summed E-state index contributed by atoms with van der Waals surface area (Å²) in [6.45, 7) is 0.518. The number of carbonyl (C=O) groups is 1. The minimum absolute atomic E-state index is 0.0591. The zero-order chi connectivity index (χ0) is 19.3. The van der Waals surface area contributed by atoms with Crippen molar-refractivity contribution in [2.24, 2.45) is 0 Å². The Hall–Kier alpha value is -2.67. The van der Waals surface area contributed by atoms with Crippen molar-refractivity contribution in [2.45, 2.75) is 30.3 Å². The minimum Gasteiger partial charge on any atom is -0.355 e. The van der Waals surface area contributed by atoms with E-state index in [0.29, 0.717) is 24.0 Å². The van der Waals surface area contributed by atoms with E-state index in [9.17, 15) is 9.18 Å². The molecule has 4 rings (SSSR count). The molecule has 3 aromatic rings. The lowest BCUT2D eigenvalue weighted by atomic mass is 10.1. The maximum Gasteiger partial charge on any atom is 0.230 e. The van der Waals surface area contributed by atoms with E-state index in [1.807, 2.05) is 35.0 Å². The molecule has 28 heavy (non-hydrogen) atoms. The second-order valence-electron chi connectivity index (χ2n) is 6.79. The van der Waals surface area contributed by atoms with Crippen molar-refractivity contribution in [1.82, 2.24) is 20.1 Å². The molecule has 0 atom stereocenters. The molecule has 0 saturated heterocycles. The molecule has 1 fully saturated rings. The maximum atomic E-state index is 12.9. The highest BCUT2D eigenvalue weighted by Gasteiger charge is 2.30. The number of benzene rings is 2. The molecule has 1 aliphatic carbocycles. The van der Waals surface area contributed by atoms with Crippen molar-refractivity contribution in [2.75, 3.05) is 12.3 Å². The maximum absolute atomic E-state index is 12.9. The molecular formula is C21H21FN4OS. The lowest BCUT2D eigenvalue weighted by Gasteiger charge is -2.04. The van der Waals surface area contributed by atoms with E-state index in [0.717, 1.165) is 29.9 Å². The first-order valence-electron chi connectivity index (χ1n) is 9.35. The van der Waals surface area contributed by atoms with Gasteiger partial charge in [-0.15, -0.1) is 5.10 Å². The molecule has 5 nitrogen and oxygen atoms in total. The van der Waals surface area contributed by atoms with Crippen LogP contribution in [0.4, 0.5) is 4.39 Å². The van der Waals surface area contributed by atoms with Crippen molar-refractivity contribution >= 4 is 17.7 Å². The molecule has 1 N–H and O–H groups in total. The average Bonchev–Trinajstić information content (AvgIpc) is 3.48. The first-order valence-corrected chi connectivity index (χ1v) is 10.3. The zero-order valence-corrected chi connectivity index (χ0v) is 16.2. The smallest absolute Gasteiger partial charge is 0.230 e. The SMILES string of the molecule is O=C(CSc1nc(C2CC2)n(-c2ccccc2)n1)NCCc1ccc(F)cc1. The van der Waals surface area contributed by atoms with Gasteiger partial charge in [-0.3, -0.25) is 4.79 Å². The van der Waals surface area contributed by atoms with Gasteiger partial charge in [-0.2, -0.15) is 0 Å². The quantitative estimate of drug-likeness (QED) is 0.590. The monoisotopic (exact) mass is 396 g/mol. The van der Waals surface area contributed by atoms with Crippen LogP contribution in [-0.2, 0) is 11.2 Å². The van der Waals surface area contributed by atoms with E-state index < -0.39 is 0 Å². The highest BCUT2D eigenvalue weighted by molar-refractivity contribution is 7.99. The summed E-state index contributed by atoms with van der Waals surface area (Å²) in [6, 6.07) is 16.3. The number of carbonyl (C=O) groups excluding carboxylic acids is 1. The number of nitrogens with zero attached hydrogens (tertiary/aromatic N) is 3. The van der Waals surface area contributed by atoms with Gasteiger partial charge in [0, 0.05) is 12.5 Å². The van der Waals surface area contributed by atoms with Crippen LogP contribution in [0.15, 0.2) is 59.8 Å². The summed E-state index contributed by atoms with van der Waals surface area (Å²) in [5.74, 6) is 1.40. The summed E-state index contributed by atoms with van der Waals surface area (Å²) in [5.41, 5.74) is 1.99. The van der Waals surface area contributed by atoms with E-state index in [-0.39, 0.29) is 17.5 Å². The predicted octanol–water partition coefficient (Wildman–Crippen LogP) is 3.73. The molecular weight excluding hydrogens is 375 g/mol. The van der Waals surface area contributed by atoms with E-state index in [1.165, 1.54) is 23.9 Å². The molecule has 144 valence electrons. The van der Waals surface area contributed by atoms with Gasteiger partial charge in [-0.1, -0.05) is 42.1 Å². The van der Waals surface area contributed by atoms with E-state index in [4.69, 9.17) is 0 Å². The molecule has 1 aliphatic rings. The highest BCUT2D eigenvalue weighted by atomic mass is 32.2. The molecule has 1 amide bonds. The number of para-hydroxylation sites is 1. The van der Waals surface area contributed by atoms with Gasteiger partial charge in [-0.25, -0.2) is 14.1 Å². The number of thioether (sulfide) groups is 1. The van der Waals surface area contributed by atoms with Crippen molar-refractivity contribution < 1.29 is 9.18 Å². The third kappa shape index (κ3) is 4.78. The number of rotatable bonds is 8. The van der Waals surface area contributed by atoms with Gasteiger partial charge in [0.05, 0.1) is 11.4 Å². The number of aromatic nitrogens is 3. The van der Waals surface area contributed by atoms with Crippen LogP contribution in [0.1, 0.15) is 30.1 Å². The molecule has 0 aliphatic heterocycles. The number of hydrogen-bond acceptors (Lipinski definition) is 4. The van der Waals surface area contributed by atoms with Crippen LogP contribution >= 0.6 is 11.8 Å². The Morgan fingerprint density at radius 2 is 1.89 bits per heavy atom. The van der Waals surface area contributed by atoms with E-state index in [2.05, 4.69) is 15.4 Å². The van der Waals surface area contributed by atoms with Gasteiger partial charge >= 0.3 is 0 Å². The summed E-state index contributed by atoms with van der Waals surface area (Å²) in [5, 5.41) is 8.12. The molecule has 1 aromatic heterocycles. The van der Waals surface area contributed by atoms with Crippen LogP contribution < -0.4 is 5.32 Å². The average molecular weight is 396 g/mol. The number of amides is 1. The number of nitrogens with one attached hydrogen (secondary N) is 1. The molecule has 7 heteroatoms. The first kappa shape index (κ1) is 18.7. The molecule has 0 spiro atoms. The van der Waals surface area contributed by atoms with Crippen LogP contribution in [0.3, 0.4) is 0 Å². The Labute approximate surface area is 167 Å². The minimum atomic E-state index is -0.253. The van der Waals surface area contributed by atoms with Gasteiger partial charge in [-0.05, 0) is 49.1 Å². The lowest BCUT2D eigenvalue weighted by Crippen LogP contribution is -2.27. The van der Waals surface area contributed by atoms with Crippen LogP contribution in [-0.4, -0.2) is 33.0 Å². The van der Waals surface area contributed by atoms with Gasteiger partial charge in [0.25, 0.3) is 0 Å². The van der Waals surface area contributed by atoms with Crippen LogP contribution in [0.25, 0.3) is 5.69 Å². The van der Waals surface area contributed by atoms with Crippen molar-refractivity contribution in [1.29, 1.82) is 0 Å². The Kier molecular flexibility index (Phi) is 5.71. The van der Waals surface area contributed by atoms with Crippen molar-refractivity contribution in [3.05, 3.63) is 71.8 Å². The van der Waals surface area contributed by atoms with E-state index >= 15 is 0 Å². The number of hydrogen-bond donors (Lipinski definition) is 1. The molecule has 2 aromatic carbocycles. The fourth-order valence-electron chi connectivity index (χ4n) is 2.91. The van der Waals surface area contributed by atoms with Gasteiger partial charge < -0.3 is 5.32 Å². The number of halogens is 1. The standard InChI is InChI=1S/C21H21FN4OS/c22-17-10-6-15(7-11-17)12-13-23-19(27)14-28-21-24-20(16-8-9-16)26(25-21)18-4-2-1-3-5-18/h1-7,10-11,16H,8-9,12-14H2,(H,23,27). The second-order valence-corrected chi connectivity index (χ2v) is 7.73. The lowest BCUT2D eigenvalue weighted by molar-refractivity contribution is -0.118. The second kappa shape index (κ2) is 8.56. The molecule has 0 bridgehead atoms. The Balaban J connectivity index is 1.31. The topological polar surface area (TPSA) is 59.8 Å². The van der Waals surface area contributed by atoms with Gasteiger partial charge in [0.15, 0.2) is 0 Å². The zero-order valence-electron chi connectivity index (χ0n) is 15.3. The predicted molar refractivity (Wildman–Crippen MR) is 107 cm³/mol. The molecule has 1 heterocycles. The third-order valence-electron chi connectivity index (χ3n) is 4.54. The normalized spacial score (nSPS) is 13.5. The van der Waals surface area contributed by atoms with Crippen LogP contribution in [0, 0.1) is 5.82 Å². The van der Waals surface area contributed by atoms with Crippen LogP contribution in [0.2, 0.25) is 0 Å². The summed E-state index contributed by atoms with van der Waals surface area (Å²) < 4.78 is 14.8. The van der Waals surface area contributed by atoms with Crippen molar-refractivity contribution in [3.63, 3.8) is 0 Å². The fourth-order valence-corrected chi connectivity index (χ4v) is 3.57. The van der Waals surface area contributed by atoms with Crippen molar-refractivity contribution in [3.8, 4) is 5.69 Å². The summed E-state index contributed by atoms with van der Waals surface area (Å²) >= 11 is 1.35. The Morgan fingerprint density at radius 1 is 1.14 bits per heavy atom.